The third kappa shape index (κ3) is 1.75. The Morgan fingerprint density at radius 1 is 1.05 bits per heavy atom. The molecule has 104 valence electrons. The Morgan fingerprint density at radius 3 is 2.30 bits per heavy atom. The Hall–Kier alpha value is -1.82. The first-order valence-corrected chi connectivity index (χ1v) is 6.27. The highest BCUT2D eigenvalue weighted by Crippen LogP contribution is 2.34. The van der Waals surface area contributed by atoms with Crippen molar-refractivity contribution in [1.82, 2.24) is 0 Å². The fourth-order valence-electron chi connectivity index (χ4n) is 2.70. The summed E-state index contributed by atoms with van der Waals surface area (Å²) >= 11 is 0. The van der Waals surface area contributed by atoms with Gasteiger partial charge in [-0.1, -0.05) is 24.3 Å². The maximum Gasteiger partial charge on any atom is 0.193 e. The quantitative estimate of drug-likeness (QED) is 0.815. The van der Waals surface area contributed by atoms with E-state index in [0.717, 1.165) is 0 Å². The van der Waals surface area contributed by atoms with Crippen LogP contribution < -0.4 is 0 Å². The highest BCUT2D eigenvalue weighted by molar-refractivity contribution is 6.27. The predicted molar refractivity (Wildman–Crippen MR) is 69.7 cm³/mol. The number of ketones is 2. The fourth-order valence-corrected chi connectivity index (χ4v) is 2.70. The molecular weight excluding hydrogens is 260 g/mol. The number of carbonyl (C=O) groups excluding carboxylic acids is 2. The second-order valence-electron chi connectivity index (χ2n) is 4.67. The fraction of sp³-hybridized carbons (Fsp3) is 0.333. The zero-order valence-electron chi connectivity index (χ0n) is 11.2. The molecule has 2 atom stereocenters. The molecule has 1 aliphatic carbocycles. The van der Waals surface area contributed by atoms with Crippen molar-refractivity contribution in [3.8, 4) is 0 Å². The molecule has 0 saturated heterocycles. The molecule has 5 heteroatoms. The number of rotatable bonds is 2. The van der Waals surface area contributed by atoms with Gasteiger partial charge in [-0.2, -0.15) is 0 Å². The van der Waals surface area contributed by atoms with Crippen molar-refractivity contribution in [2.75, 3.05) is 20.8 Å². The lowest BCUT2D eigenvalue weighted by atomic mass is 9.81. The van der Waals surface area contributed by atoms with E-state index >= 15 is 0 Å². The minimum atomic E-state index is -0.687. The molecule has 5 nitrogen and oxygen atoms in total. The van der Waals surface area contributed by atoms with Crippen LogP contribution in [0.1, 0.15) is 20.7 Å². The van der Waals surface area contributed by atoms with Crippen LogP contribution in [0.15, 0.2) is 35.4 Å². The molecule has 3 rings (SSSR count). The van der Waals surface area contributed by atoms with Gasteiger partial charge in [0.2, 0.25) is 0 Å². The van der Waals surface area contributed by atoms with Crippen molar-refractivity contribution in [2.24, 2.45) is 0 Å². The van der Waals surface area contributed by atoms with E-state index in [0.29, 0.717) is 22.3 Å². The Morgan fingerprint density at radius 2 is 1.70 bits per heavy atom. The number of Topliss-reactive ketones (excluding diaryl/α,β-unsaturated/α-hetero) is 2. The number of carbonyl (C=O) groups is 2. The Labute approximate surface area is 116 Å². The largest absolute Gasteiger partial charge is 0.371 e. The lowest BCUT2D eigenvalue weighted by Gasteiger charge is -2.34. The van der Waals surface area contributed by atoms with Crippen LogP contribution in [0.3, 0.4) is 0 Å². The Bertz CT molecular complexity index is 616. The standard InChI is InChI=1S/C15H14O5/c1-18-14-11-10(7-20-15(14)19-2)12(16)8-5-3-4-6-9(8)13(11)17/h3-6,14-15H,7H2,1-2H3/t14-,15-/m0/s1. The monoisotopic (exact) mass is 274 g/mol. The molecule has 1 heterocycles. The number of fused-ring (bicyclic) bond motifs is 1. The van der Waals surface area contributed by atoms with Crippen molar-refractivity contribution in [3.05, 3.63) is 46.5 Å². The molecule has 1 aromatic rings. The van der Waals surface area contributed by atoms with Gasteiger partial charge in [-0.15, -0.1) is 0 Å². The van der Waals surface area contributed by atoms with Crippen molar-refractivity contribution < 1.29 is 23.8 Å². The molecular formula is C15H14O5. The Balaban J connectivity index is 2.15. The summed E-state index contributed by atoms with van der Waals surface area (Å²) in [4.78, 5) is 25.1. The van der Waals surface area contributed by atoms with E-state index in [1.165, 1.54) is 14.2 Å². The zero-order valence-corrected chi connectivity index (χ0v) is 11.2. The summed E-state index contributed by atoms with van der Waals surface area (Å²) < 4.78 is 15.9. The SMILES string of the molecule is CO[C@H]1OCC2=C(C(=O)c3ccccc3C2=O)[C@@H]1OC. The summed E-state index contributed by atoms with van der Waals surface area (Å²) in [5, 5.41) is 0. The van der Waals surface area contributed by atoms with Gasteiger partial charge < -0.3 is 14.2 Å². The van der Waals surface area contributed by atoms with Gasteiger partial charge in [-0.3, -0.25) is 9.59 Å². The van der Waals surface area contributed by atoms with E-state index in [4.69, 9.17) is 14.2 Å². The number of hydrogen-bond acceptors (Lipinski definition) is 5. The second kappa shape index (κ2) is 4.94. The van der Waals surface area contributed by atoms with Crippen molar-refractivity contribution in [2.45, 2.75) is 12.4 Å². The first-order chi connectivity index (χ1) is 9.69. The van der Waals surface area contributed by atoms with Gasteiger partial charge in [-0.25, -0.2) is 0 Å². The van der Waals surface area contributed by atoms with Crippen LogP contribution in [0.4, 0.5) is 0 Å². The van der Waals surface area contributed by atoms with E-state index in [1.54, 1.807) is 24.3 Å². The summed E-state index contributed by atoms with van der Waals surface area (Å²) in [7, 11) is 2.94. The average Bonchev–Trinajstić information content (AvgIpc) is 2.51. The molecule has 0 aromatic heterocycles. The van der Waals surface area contributed by atoms with Gasteiger partial charge >= 0.3 is 0 Å². The van der Waals surface area contributed by atoms with Crippen LogP contribution in [0.25, 0.3) is 0 Å². The van der Waals surface area contributed by atoms with E-state index in [2.05, 4.69) is 0 Å². The summed E-state index contributed by atoms with van der Waals surface area (Å²) in [6.07, 6.45) is -1.37. The highest BCUT2D eigenvalue weighted by Gasteiger charge is 2.42. The lowest BCUT2D eigenvalue weighted by Crippen LogP contribution is -2.44. The number of hydrogen-bond donors (Lipinski definition) is 0. The summed E-state index contributed by atoms with van der Waals surface area (Å²) in [6.45, 7) is 0.0621. The molecule has 0 radical (unpaired) electrons. The van der Waals surface area contributed by atoms with Crippen molar-refractivity contribution in [3.63, 3.8) is 0 Å². The first kappa shape index (κ1) is 13.2. The molecule has 0 spiro atoms. The van der Waals surface area contributed by atoms with Gasteiger partial charge in [0, 0.05) is 36.5 Å². The molecule has 0 unspecified atom stereocenters. The molecule has 0 saturated carbocycles. The van der Waals surface area contributed by atoms with Gasteiger partial charge in [0.1, 0.15) is 6.10 Å². The molecule has 2 aliphatic rings. The molecule has 0 amide bonds. The normalized spacial score (nSPS) is 25.5. The predicted octanol–water partition coefficient (Wildman–Crippen LogP) is 1.38. The van der Waals surface area contributed by atoms with Crippen molar-refractivity contribution in [1.29, 1.82) is 0 Å². The highest BCUT2D eigenvalue weighted by atomic mass is 16.7. The van der Waals surface area contributed by atoms with Crippen molar-refractivity contribution >= 4 is 11.6 Å². The number of ether oxygens (including phenoxy) is 3. The lowest BCUT2D eigenvalue weighted by molar-refractivity contribution is -0.178. The van der Waals surface area contributed by atoms with Crippen LogP contribution in [0.5, 0.6) is 0 Å². The van der Waals surface area contributed by atoms with Crippen LogP contribution in [0, 0.1) is 0 Å². The van der Waals surface area contributed by atoms with Crippen LogP contribution in [0.2, 0.25) is 0 Å². The first-order valence-electron chi connectivity index (χ1n) is 6.27. The summed E-state index contributed by atoms with van der Waals surface area (Å²) in [6, 6.07) is 6.79. The number of methoxy groups -OCH3 is 2. The van der Waals surface area contributed by atoms with Crippen LogP contribution >= 0.6 is 0 Å². The summed E-state index contributed by atoms with van der Waals surface area (Å²) in [5.74, 6) is -0.362. The van der Waals surface area contributed by atoms with Gasteiger partial charge in [0.15, 0.2) is 17.9 Å². The average molecular weight is 274 g/mol. The molecule has 0 bridgehead atoms. The molecule has 1 aliphatic heterocycles. The topological polar surface area (TPSA) is 61.8 Å². The maximum atomic E-state index is 12.6. The zero-order chi connectivity index (χ0) is 14.3. The molecule has 20 heavy (non-hydrogen) atoms. The number of benzene rings is 1. The molecule has 1 aromatic carbocycles. The van der Waals surface area contributed by atoms with Gasteiger partial charge in [0.05, 0.1) is 6.61 Å². The second-order valence-corrected chi connectivity index (χ2v) is 4.67. The van der Waals surface area contributed by atoms with E-state index < -0.39 is 12.4 Å². The van der Waals surface area contributed by atoms with Crippen LogP contribution in [-0.4, -0.2) is 44.8 Å². The van der Waals surface area contributed by atoms with Gasteiger partial charge in [-0.05, 0) is 0 Å². The third-order valence-electron chi connectivity index (χ3n) is 3.67. The van der Waals surface area contributed by atoms with Crippen LogP contribution in [-0.2, 0) is 14.2 Å². The minimum Gasteiger partial charge on any atom is -0.371 e. The van der Waals surface area contributed by atoms with E-state index in [9.17, 15) is 9.59 Å². The third-order valence-corrected chi connectivity index (χ3v) is 3.67. The summed E-state index contributed by atoms with van der Waals surface area (Å²) in [5.41, 5.74) is 1.56. The Kier molecular flexibility index (Phi) is 3.25. The maximum absolute atomic E-state index is 12.6. The van der Waals surface area contributed by atoms with E-state index in [1.807, 2.05) is 0 Å². The molecule has 0 N–H and O–H groups in total. The minimum absolute atomic E-state index is 0.0621. The van der Waals surface area contributed by atoms with E-state index in [-0.39, 0.29) is 18.2 Å². The van der Waals surface area contributed by atoms with Gasteiger partial charge in [0.25, 0.3) is 0 Å². The smallest absolute Gasteiger partial charge is 0.193 e. The molecule has 0 fully saturated rings.